The zero-order valence-corrected chi connectivity index (χ0v) is 10.9. The number of hydrogen-bond donors (Lipinski definition) is 2. The molecule has 2 N–H and O–H groups in total. The fourth-order valence-electron chi connectivity index (χ4n) is 1.58. The van der Waals surface area contributed by atoms with Gasteiger partial charge in [-0.25, -0.2) is 0 Å². The molecule has 0 bridgehead atoms. The Hall–Kier alpha value is -1.62. The van der Waals surface area contributed by atoms with Crippen LogP contribution in [-0.4, -0.2) is 16.1 Å². The number of aryl methyl sites for hydroxylation is 2. The molecule has 4 nitrogen and oxygen atoms in total. The van der Waals surface area contributed by atoms with Crippen molar-refractivity contribution in [1.82, 2.24) is 10.2 Å². The molecule has 0 unspecified atom stereocenters. The molecule has 2 rings (SSSR count). The summed E-state index contributed by atoms with van der Waals surface area (Å²) in [5, 5.41) is 11.7. The van der Waals surface area contributed by atoms with Crippen molar-refractivity contribution in [3.8, 4) is 0 Å². The third-order valence-electron chi connectivity index (χ3n) is 2.82. The molecule has 1 amide bonds. The quantitative estimate of drug-likeness (QED) is 0.878. The first-order valence-electron chi connectivity index (χ1n) is 5.52. The van der Waals surface area contributed by atoms with Gasteiger partial charge in [-0.2, -0.15) is 5.10 Å². The topological polar surface area (TPSA) is 57.8 Å². The number of thiophene rings is 1. The number of hydrogen-bond acceptors (Lipinski definition) is 3. The highest BCUT2D eigenvalue weighted by Crippen LogP contribution is 2.20. The van der Waals surface area contributed by atoms with E-state index in [2.05, 4.69) is 15.5 Å². The minimum Gasteiger partial charge on any atom is -0.304 e. The second-order valence-corrected chi connectivity index (χ2v) is 4.82. The van der Waals surface area contributed by atoms with E-state index in [4.69, 9.17) is 0 Å². The number of nitrogens with one attached hydrogen (secondary N) is 2. The normalized spacial score (nSPS) is 10.5. The van der Waals surface area contributed by atoms with E-state index < -0.39 is 0 Å². The SMILES string of the molecule is CCc1ccsc1C(=O)Nc1n[nH]c(C)c1C. The third-order valence-corrected chi connectivity index (χ3v) is 3.77. The van der Waals surface area contributed by atoms with Crippen LogP contribution in [0.25, 0.3) is 0 Å². The molecular weight excluding hydrogens is 234 g/mol. The molecule has 0 spiro atoms. The molecule has 2 aromatic rings. The van der Waals surface area contributed by atoms with Crippen molar-refractivity contribution in [3.05, 3.63) is 33.1 Å². The van der Waals surface area contributed by atoms with Gasteiger partial charge < -0.3 is 5.32 Å². The van der Waals surface area contributed by atoms with Gasteiger partial charge >= 0.3 is 0 Å². The summed E-state index contributed by atoms with van der Waals surface area (Å²) in [7, 11) is 0. The number of carbonyl (C=O) groups is 1. The van der Waals surface area contributed by atoms with E-state index in [1.54, 1.807) is 0 Å². The number of rotatable bonds is 3. The maximum Gasteiger partial charge on any atom is 0.267 e. The van der Waals surface area contributed by atoms with Crippen molar-refractivity contribution < 1.29 is 4.79 Å². The predicted octanol–water partition coefficient (Wildman–Crippen LogP) is 2.90. The number of H-pyrrole nitrogens is 1. The van der Waals surface area contributed by atoms with Crippen LogP contribution in [0.5, 0.6) is 0 Å². The summed E-state index contributed by atoms with van der Waals surface area (Å²) in [5.74, 6) is 0.536. The van der Waals surface area contributed by atoms with Crippen molar-refractivity contribution >= 4 is 23.1 Å². The Bertz CT molecular complexity index is 542. The zero-order chi connectivity index (χ0) is 12.4. The van der Waals surface area contributed by atoms with Crippen molar-refractivity contribution in [3.63, 3.8) is 0 Å². The highest BCUT2D eigenvalue weighted by atomic mass is 32.1. The summed E-state index contributed by atoms with van der Waals surface area (Å²) in [5.41, 5.74) is 3.03. The van der Waals surface area contributed by atoms with Gasteiger partial charge in [-0.05, 0) is 37.3 Å². The highest BCUT2D eigenvalue weighted by molar-refractivity contribution is 7.12. The van der Waals surface area contributed by atoms with Gasteiger partial charge in [0.2, 0.25) is 0 Å². The highest BCUT2D eigenvalue weighted by Gasteiger charge is 2.15. The van der Waals surface area contributed by atoms with E-state index >= 15 is 0 Å². The lowest BCUT2D eigenvalue weighted by atomic mass is 10.2. The fourth-order valence-corrected chi connectivity index (χ4v) is 2.47. The number of carbonyl (C=O) groups excluding carboxylic acids is 1. The Balaban J connectivity index is 2.20. The first-order valence-corrected chi connectivity index (χ1v) is 6.40. The first kappa shape index (κ1) is 11.9. The molecule has 17 heavy (non-hydrogen) atoms. The minimum absolute atomic E-state index is 0.0774. The van der Waals surface area contributed by atoms with Crippen molar-refractivity contribution in [2.24, 2.45) is 0 Å². The Morgan fingerprint density at radius 1 is 1.53 bits per heavy atom. The average molecular weight is 249 g/mol. The van der Waals surface area contributed by atoms with Crippen LogP contribution in [0.2, 0.25) is 0 Å². The second kappa shape index (κ2) is 4.71. The van der Waals surface area contributed by atoms with Crippen LogP contribution < -0.4 is 5.32 Å². The Morgan fingerprint density at radius 2 is 2.29 bits per heavy atom. The van der Waals surface area contributed by atoms with Gasteiger partial charge in [0, 0.05) is 11.3 Å². The third kappa shape index (κ3) is 2.24. The lowest BCUT2D eigenvalue weighted by molar-refractivity contribution is 0.102. The van der Waals surface area contributed by atoms with E-state index in [-0.39, 0.29) is 5.91 Å². The van der Waals surface area contributed by atoms with E-state index in [0.717, 1.165) is 28.1 Å². The maximum atomic E-state index is 12.1. The standard InChI is InChI=1S/C12H15N3OS/c1-4-9-5-6-17-10(9)12(16)13-11-7(2)8(3)14-15-11/h5-6H,4H2,1-3H3,(H2,13,14,15,16). The van der Waals surface area contributed by atoms with Crippen LogP contribution in [0.15, 0.2) is 11.4 Å². The molecule has 0 fully saturated rings. The van der Waals surface area contributed by atoms with Crippen LogP contribution in [0, 0.1) is 13.8 Å². The van der Waals surface area contributed by atoms with Gasteiger partial charge in [0.05, 0.1) is 4.88 Å². The van der Waals surface area contributed by atoms with E-state index in [1.165, 1.54) is 11.3 Å². The predicted molar refractivity (Wildman–Crippen MR) is 69.7 cm³/mol. The van der Waals surface area contributed by atoms with Gasteiger partial charge in [-0.15, -0.1) is 11.3 Å². The molecule has 0 aliphatic carbocycles. The van der Waals surface area contributed by atoms with E-state index in [1.807, 2.05) is 32.2 Å². The molecule has 0 saturated heterocycles. The van der Waals surface area contributed by atoms with E-state index in [0.29, 0.717) is 5.82 Å². The number of amides is 1. The molecule has 0 aliphatic heterocycles. The maximum absolute atomic E-state index is 12.1. The molecule has 90 valence electrons. The van der Waals surface area contributed by atoms with Crippen molar-refractivity contribution in [2.75, 3.05) is 5.32 Å². The molecule has 2 aromatic heterocycles. The first-order chi connectivity index (χ1) is 8.13. The zero-order valence-electron chi connectivity index (χ0n) is 10.1. The van der Waals surface area contributed by atoms with Crippen LogP contribution in [0.3, 0.4) is 0 Å². The largest absolute Gasteiger partial charge is 0.304 e. The minimum atomic E-state index is -0.0774. The average Bonchev–Trinajstić information content (AvgIpc) is 2.90. The van der Waals surface area contributed by atoms with Crippen LogP contribution in [0.1, 0.15) is 33.4 Å². The molecular formula is C12H15N3OS. The Morgan fingerprint density at radius 3 is 2.88 bits per heavy atom. The van der Waals surface area contributed by atoms with Gasteiger partial charge in [0.1, 0.15) is 0 Å². The Labute approximate surface area is 104 Å². The summed E-state index contributed by atoms with van der Waals surface area (Å²) < 4.78 is 0. The monoisotopic (exact) mass is 249 g/mol. The molecule has 2 heterocycles. The fraction of sp³-hybridized carbons (Fsp3) is 0.333. The summed E-state index contributed by atoms with van der Waals surface area (Å²) in [6.07, 6.45) is 0.866. The number of aromatic nitrogens is 2. The Kier molecular flexibility index (Phi) is 3.28. The number of nitrogens with zero attached hydrogens (tertiary/aromatic N) is 1. The molecule has 0 atom stereocenters. The smallest absolute Gasteiger partial charge is 0.267 e. The lowest BCUT2D eigenvalue weighted by Gasteiger charge is -2.03. The molecule has 0 radical (unpaired) electrons. The summed E-state index contributed by atoms with van der Waals surface area (Å²) in [6, 6.07) is 1.99. The van der Waals surface area contributed by atoms with Crippen LogP contribution in [0.4, 0.5) is 5.82 Å². The van der Waals surface area contributed by atoms with E-state index in [9.17, 15) is 4.79 Å². The van der Waals surface area contributed by atoms with Crippen LogP contribution in [-0.2, 0) is 6.42 Å². The molecule has 5 heteroatoms. The van der Waals surface area contributed by atoms with Gasteiger partial charge in [-0.3, -0.25) is 9.89 Å². The van der Waals surface area contributed by atoms with Crippen molar-refractivity contribution in [1.29, 1.82) is 0 Å². The molecule has 0 saturated carbocycles. The summed E-state index contributed by atoms with van der Waals surface area (Å²) >= 11 is 1.46. The van der Waals surface area contributed by atoms with Crippen LogP contribution >= 0.6 is 11.3 Å². The summed E-state index contributed by atoms with van der Waals surface area (Å²) in [6.45, 7) is 5.91. The number of aromatic amines is 1. The number of anilines is 1. The second-order valence-electron chi connectivity index (χ2n) is 3.90. The molecule has 0 aromatic carbocycles. The summed E-state index contributed by atoms with van der Waals surface area (Å²) in [4.78, 5) is 12.8. The van der Waals surface area contributed by atoms with Gasteiger partial charge in [0.15, 0.2) is 5.82 Å². The lowest BCUT2D eigenvalue weighted by Crippen LogP contribution is -2.13. The van der Waals surface area contributed by atoms with Crippen molar-refractivity contribution in [2.45, 2.75) is 27.2 Å². The van der Waals surface area contributed by atoms with Gasteiger partial charge in [0.25, 0.3) is 5.91 Å². The van der Waals surface area contributed by atoms with Gasteiger partial charge in [-0.1, -0.05) is 6.92 Å². The molecule has 0 aliphatic rings.